The van der Waals surface area contributed by atoms with Gasteiger partial charge in [-0.1, -0.05) is 24.3 Å². The molecule has 0 fully saturated rings. The molecule has 2 N–H and O–H groups in total. The number of alkyl halides is 2. The van der Waals surface area contributed by atoms with Crippen molar-refractivity contribution in [3.05, 3.63) is 59.7 Å². The fraction of sp³-hybridized carbons (Fsp3) is 0.417. The van der Waals surface area contributed by atoms with Crippen molar-refractivity contribution in [2.45, 2.75) is 24.9 Å². The van der Waals surface area contributed by atoms with Crippen LogP contribution in [0.2, 0.25) is 0 Å². The molecule has 2 amide bonds. The van der Waals surface area contributed by atoms with Gasteiger partial charge in [0.25, 0.3) is 0 Å². The van der Waals surface area contributed by atoms with Gasteiger partial charge in [-0.3, -0.25) is 9.59 Å². The summed E-state index contributed by atoms with van der Waals surface area (Å²) in [5.41, 5.74) is 2.17. The Morgan fingerprint density at radius 1 is 0.758 bits per heavy atom. The number of nitrogens with one attached hydrogen (secondary N) is 2. The molecule has 2 aromatic carbocycles. The molecule has 0 saturated heterocycles. The van der Waals surface area contributed by atoms with E-state index in [-0.39, 0.29) is 35.7 Å². The number of methoxy groups -OCH3 is 2. The van der Waals surface area contributed by atoms with E-state index in [0.717, 1.165) is 22.6 Å². The minimum Gasteiger partial charge on any atom is -0.497 e. The highest BCUT2D eigenvalue weighted by molar-refractivity contribution is 7.99. The number of amides is 2. The van der Waals surface area contributed by atoms with Crippen molar-refractivity contribution in [2.24, 2.45) is 0 Å². The lowest BCUT2D eigenvalue weighted by Gasteiger charge is -2.22. The molecular weight excluding hydrogens is 483 g/mol. The lowest BCUT2D eigenvalue weighted by atomic mass is 10.1. The maximum atomic E-state index is 11.9. The molecule has 2 atom stereocenters. The quantitative estimate of drug-likeness (QED) is 0.377. The van der Waals surface area contributed by atoms with Gasteiger partial charge in [0.15, 0.2) is 0 Å². The van der Waals surface area contributed by atoms with Gasteiger partial charge in [-0.2, -0.15) is 11.8 Å². The molecular formula is C24H30Cl2N2O4S. The van der Waals surface area contributed by atoms with Crippen LogP contribution in [-0.2, 0) is 22.4 Å². The van der Waals surface area contributed by atoms with Crippen LogP contribution >= 0.6 is 35.0 Å². The molecule has 2 aromatic rings. The van der Waals surface area contributed by atoms with E-state index >= 15 is 0 Å². The molecule has 0 aliphatic rings. The van der Waals surface area contributed by atoms with Crippen LogP contribution in [0.3, 0.4) is 0 Å². The first-order valence-electron chi connectivity index (χ1n) is 10.5. The lowest BCUT2D eigenvalue weighted by molar-refractivity contribution is -0.120. The predicted molar refractivity (Wildman–Crippen MR) is 136 cm³/mol. The third-order valence-corrected chi connectivity index (χ3v) is 6.65. The molecule has 0 aliphatic carbocycles. The van der Waals surface area contributed by atoms with Crippen LogP contribution in [0.1, 0.15) is 11.1 Å². The van der Waals surface area contributed by atoms with E-state index in [1.165, 1.54) is 0 Å². The fourth-order valence-electron chi connectivity index (χ4n) is 3.28. The molecule has 0 aliphatic heterocycles. The van der Waals surface area contributed by atoms with Gasteiger partial charge in [-0.15, -0.1) is 23.2 Å². The Morgan fingerprint density at radius 3 is 1.42 bits per heavy atom. The Kier molecular flexibility index (Phi) is 12.3. The summed E-state index contributed by atoms with van der Waals surface area (Å²) >= 11 is 13.1. The minimum atomic E-state index is -0.207. The molecule has 0 aromatic heterocycles. The molecule has 2 rings (SSSR count). The second-order valence-corrected chi connectivity index (χ2v) is 9.05. The maximum Gasteiger partial charge on any atom is 0.235 e. The van der Waals surface area contributed by atoms with Crippen LogP contribution in [0.25, 0.3) is 0 Å². The molecule has 6 nitrogen and oxygen atoms in total. The van der Waals surface area contributed by atoms with Crippen LogP contribution in [0.5, 0.6) is 11.5 Å². The largest absolute Gasteiger partial charge is 0.497 e. The fourth-order valence-corrected chi connectivity index (χ4v) is 4.54. The summed E-state index contributed by atoms with van der Waals surface area (Å²) in [6.07, 6.45) is 1.33. The van der Waals surface area contributed by atoms with Crippen molar-refractivity contribution >= 4 is 46.8 Å². The summed E-state index contributed by atoms with van der Waals surface area (Å²) < 4.78 is 10.4. The van der Waals surface area contributed by atoms with Gasteiger partial charge in [0.2, 0.25) is 11.8 Å². The Balaban J connectivity index is 1.99. The highest BCUT2D eigenvalue weighted by Gasteiger charge is 2.17. The molecule has 33 heavy (non-hydrogen) atoms. The number of hydrogen-bond acceptors (Lipinski definition) is 5. The maximum absolute atomic E-state index is 11.9. The number of carbonyl (C=O) groups excluding carboxylic acids is 2. The summed E-state index contributed by atoms with van der Waals surface area (Å²) in [5.74, 6) is 2.32. The van der Waals surface area contributed by atoms with Crippen LogP contribution in [0.4, 0.5) is 0 Å². The molecule has 0 bridgehead atoms. The number of rotatable bonds is 14. The molecule has 0 radical (unpaired) electrons. The molecule has 2 unspecified atom stereocenters. The molecule has 0 heterocycles. The van der Waals surface area contributed by atoms with E-state index in [9.17, 15) is 9.59 Å². The summed E-state index contributed by atoms with van der Waals surface area (Å²) in [6.45, 7) is 0. The van der Waals surface area contributed by atoms with Crippen LogP contribution < -0.4 is 20.1 Å². The lowest BCUT2D eigenvalue weighted by Crippen LogP contribution is -2.41. The van der Waals surface area contributed by atoms with Crippen molar-refractivity contribution in [1.82, 2.24) is 10.6 Å². The number of halogens is 2. The molecule has 9 heteroatoms. The standard InChI is InChI=1S/C24H30Cl2N2O4S/c1-31-21-7-3-17(4-8-21)11-19(27-23(29)13-25)15-33-16-20(28-24(30)14-26)12-18-5-9-22(32-2)10-6-18/h3-10,19-20H,11-16H2,1-2H3,(H,27,29)(H,28,30). The smallest absolute Gasteiger partial charge is 0.235 e. The van der Waals surface area contributed by atoms with Crippen LogP contribution in [0.15, 0.2) is 48.5 Å². The second-order valence-electron chi connectivity index (χ2n) is 7.44. The molecule has 180 valence electrons. The zero-order valence-electron chi connectivity index (χ0n) is 18.8. The van der Waals surface area contributed by atoms with E-state index in [1.54, 1.807) is 26.0 Å². The van der Waals surface area contributed by atoms with Gasteiger partial charge in [0.1, 0.15) is 23.3 Å². The first-order valence-corrected chi connectivity index (χ1v) is 12.7. The normalized spacial score (nSPS) is 12.5. The average Bonchev–Trinajstić information content (AvgIpc) is 2.84. The average molecular weight is 513 g/mol. The van der Waals surface area contributed by atoms with E-state index < -0.39 is 0 Å². The Morgan fingerprint density at radius 2 is 1.12 bits per heavy atom. The van der Waals surface area contributed by atoms with Crippen molar-refractivity contribution in [3.8, 4) is 11.5 Å². The Bertz CT molecular complexity index is 794. The van der Waals surface area contributed by atoms with Crippen molar-refractivity contribution in [3.63, 3.8) is 0 Å². The van der Waals surface area contributed by atoms with Crippen molar-refractivity contribution < 1.29 is 19.1 Å². The van der Waals surface area contributed by atoms with E-state index in [1.807, 2.05) is 48.5 Å². The summed E-state index contributed by atoms with van der Waals surface area (Å²) in [4.78, 5) is 23.9. The number of benzene rings is 2. The van der Waals surface area contributed by atoms with Gasteiger partial charge in [0.05, 0.1) is 14.2 Å². The van der Waals surface area contributed by atoms with Gasteiger partial charge >= 0.3 is 0 Å². The number of hydrogen-bond donors (Lipinski definition) is 2. The summed E-state index contributed by atoms with van der Waals surface area (Å²) in [6, 6.07) is 15.3. The zero-order chi connectivity index (χ0) is 24.1. The first-order chi connectivity index (χ1) is 16.0. The number of thioether (sulfide) groups is 1. The van der Waals surface area contributed by atoms with E-state index in [2.05, 4.69) is 10.6 Å². The van der Waals surface area contributed by atoms with Gasteiger partial charge < -0.3 is 20.1 Å². The summed E-state index contributed by atoms with van der Waals surface area (Å²) in [7, 11) is 3.25. The van der Waals surface area contributed by atoms with Gasteiger partial charge in [-0.05, 0) is 48.2 Å². The molecule has 0 spiro atoms. The van der Waals surface area contributed by atoms with E-state index in [0.29, 0.717) is 24.3 Å². The monoisotopic (exact) mass is 512 g/mol. The SMILES string of the molecule is COc1ccc(CC(CSCC(Cc2ccc(OC)cc2)NC(=O)CCl)NC(=O)CCl)cc1. The van der Waals surface area contributed by atoms with Crippen LogP contribution in [-0.4, -0.2) is 61.4 Å². The Labute approximate surface area is 209 Å². The van der Waals surface area contributed by atoms with Crippen LogP contribution in [0, 0.1) is 0 Å². The highest BCUT2D eigenvalue weighted by Crippen LogP contribution is 2.17. The third-order valence-electron chi connectivity index (χ3n) is 4.89. The molecule has 0 saturated carbocycles. The predicted octanol–water partition coefficient (Wildman–Crippen LogP) is 3.67. The first kappa shape index (κ1) is 27.2. The number of ether oxygens (including phenoxy) is 2. The number of carbonyl (C=O) groups is 2. The van der Waals surface area contributed by atoms with E-state index in [4.69, 9.17) is 32.7 Å². The third kappa shape index (κ3) is 10.2. The second kappa shape index (κ2) is 14.9. The minimum absolute atomic E-state index is 0.0876. The zero-order valence-corrected chi connectivity index (χ0v) is 21.1. The Hall–Kier alpha value is -2.09. The van der Waals surface area contributed by atoms with Crippen molar-refractivity contribution in [2.75, 3.05) is 37.5 Å². The summed E-state index contributed by atoms with van der Waals surface area (Å²) in [5, 5.41) is 5.97. The van der Waals surface area contributed by atoms with Gasteiger partial charge in [-0.25, -0.2) is 0 Å². The topological polar surface area (TPSA) is 76.7 Å². The van der Waals surface area contributed by atoms with Crippen molar-refractivity contribution in [1.29, 1.82) is 0 Å². The highest BCUT2D eigenvalue weighted by atomic mass is 35.5. The van der Waals surface area contributed by atoms with Gasteiger partial charge in [0, 0.05) is 23.6 Å².